The van der Waals surface area contributed by atoms with Crippen molar-refractivity contribution in [1.82, 2.24) is 0 Å². The number of carbonyl (C=O) groups is 1. The lowest BCUT2D eigenvalue weighted by Gasteiger charge is -2.66. The first kappa shape index (κ1) is 34.9. The van der Waals surface area contributed by atoms with E-state index < -0.39 is 25.0 Å². The van der Waals surface area contributed by atoms with Crippen LogP contribution in [0, 0.1) is 46.3 Å². The molecule has 0 aliphatic heterocycles. The highest BCUT2D eigenvalue weighted by Gasteiger charge is 2.67. The van der Waals surface area contributed by atoms with Gasteiger partial charge in [0, 0.05) is 18.6 Å². The van der Waals surface area contributed by atoms with Crippen molar-refractivity contribution in [2.45, 2.75) is 156 Å². The zero-order valence-corrected chi connectivity index (χ0v) is 32.6. The third kappa shape index (κ3) is 7.35. The molecule has 0 unspecified atom stereocenters. The van der Waals surface area contributed by atoms with Crippen LogP contribution in [0.3, 0.4) is 0 Å². The van der Waals surface area contributed by atoms with Gasteiger partial charge in [0.25, 0.3) is 0 Å². The van der Waals surface area contributed by atoms with Crippen molar-refractivity contribution in [2.75, 3.05) is 7.11 Å². The van der Waals surface area contributed by atoms with Gasteiger partial charge in [0.1, 0.15) is 0 Å². The van der Waals surface area contributed by atoms with Crippen LogP contribution in [0.4, 0.5) is 0 Å². The van der Waals surface area contributed by atoms with Crippen LogP contribution >= 0.6 is 0 Å². The maximum Gasteiger partial charge on any atom is 0.305 e. The zero-order valence-electron chi connectivity index (χ0n) is 29.6. The van der Waals surface area contributed by atoms with Crippen LogP contribution in [0.15, 0.2) is 0 Å². The number of fused-ring (bicyclic) bond motifs is 5. The number of hydrogen-bond acceptors (Lipinski definition) is 5. The quantitative estimate of drug-likeness (QED) is 0.176. The Morgan fingerprint density at radius 1 is 0.810 bits per heavy atom. The lowest BCUT2D eigenvalue weighted by molar-refractivity contribution is -0.199. The van der Waals surface area contributed by atoms with Crippen LogP contribution < -0.4 is 0 Å². The Labute approximate surface area is 262 Å². The molecule has 0 aromatic carbocycles. The molecule has 0 spiro atoms. The van der Waals surface area contributed by atoms with Gasteiger partial charge >= 0.3 is 5.97 Å². The van der Waals surface area contributed by atoms with Crippen molar-refractivity contribution < 1.29 is 22.8 Å². The number of esters is 1. The molecule has 0 radical (unpaired) electrons. The Balaban J connectivity index is 1.72. The second kappa shape index (κ2) is 12.3. The van der Waals surface area contributed by atoms with E-state index in [2.05, 4.69) is 79.7 Å². The lowest BCUT2D eigenvalue weighted by atomic mass is 9.43. The van der Waals surface area contributed by atoms with E-state index in [1.54, 1.807) is 0 Å². The van der Waals surface area contributed by atoms with Gasteiger partial charge in [-0.15, -0.1) is 0 Å². The molecular formula is C34H66O5Si3. The zero-order chi connectivity index (χ0) is 31.5. The largest absolute Gasteiger partial charge is 0.469 e. The summed E-state index contributed by atoms with van der Waals surface area (Å²) in [7, 11) is -3.61. The molecule has 8 heteroatoms. The van der Waals surface area contributed by atoms with Crippen LogP contribution in [0.2, 0.25) is 58.9 Å². The summed E-state index contributed by atoms with van der Waals surface area (Å²) in [5.41, 5.74) is 0.430. The molecule has 0 heterocycles. The second-order valence-electron chi connectivity index (χ2n) is 18.2. The van der Waals surface area contributed by atoms with E-state index in [0.29, 0.717) is 59.6 Å². The molecule has 0 amide bonds. The molecular weight excluding hydrogens is 573 g/mol. The van der Waals surface area contributed by atoms with Gasteiger partial charge in [-0.25, -0.2) is 0 Å². The summed E-state index contributed by atoms with van der Waals surface area (Å²) in [6, 6.07) is 0. The lowest BCUT2D eigenvalue weighted by Crippen LogP contribution is -2.64. The van der Waals surface area contributed by atoms with Crippen molar-refractivity contribution in [3.63, 3.8) is 0 Å². The van der Waals surface area contributed by atoms with E-state index in [4.69, 9.17) is 18.0 Å². The highest BCUT2D eigenvalue weighted by Crippen LogP contribution is 2.69. The predicted octanol–water partition coefficient (Wildman–Crippen LogP) is 9.11. The summed E-state index contributed by atoms with van der Waals surface area (Å²) in [6.07, 6.45) is 11.0. The number of ether oxygens (including phenoxy) is 1. The molecule has 244 valence electrons. The topological polar surface area (TPSA) is 54.0 Å². The normalized spacial score (nSPS) is 41.5. The summed E-state index contributed by atoms with van der Waals surface area (Å²) >= 11 is 0. The van der Waals surface area contributed by atoms with Gasteiger partial charge < -0.3 is 18.0 Å². The predicted molar refractivity (Wildman–Crippen MR) is 181 cm³/mol. The third-order valence-electron chi connectivity index (χ3n) is 12.0. The highest BCUT2D eigenvalue weighted by atomic mass is 28.4. The van der Waals surface area contributed by atoms with Crippen molar-refractivity contribution in [3.8, 4) is 0 Å². The molecule has 42 heavy (non-hydrogen) atoms. The maximum absolute atomic E-state index is 12.1. The Kier molecular flexibility index (Phi) is 10.2. The Morgan fingerprint density at radius 3 is 2.00 bits per heavy atom. The van der Waals surface area contributed by atoms with Crippen molar-refractivity contribution in [1.29, 1.82) is 0 Å². The van der Waals surface area contributed by atoms with Gasteiger partial charge in [0.15, 0.2) is 25.0 Å². The van der Waals surface area contributed by atoms with Crippen LogP contribution in [0.5, 0.6) is 0 Å². The van der Waals surface area contributed by atoms with E-state index in [1.165, 1.54) is 52.1 Å². The van der Waals surface area contributed by atoms with Crippen LogP contribution in [-0.2, 0) is 22.8 Å². The minimum atomic E-state index is -1.79. The van der Waals surface area contributed by atoms with Gasteiger partial charge in [0.05, 0.1) is 13.2 Å². The van der Waals surface area contributed by atoms with E-state index in [-0.39, 0.29) is 17.5 Å². The van der Waals surface area contributed by atoms with Crippen molar-refractivity contribution in [3.05, 3.63) is 0 Å². The Morgan fingerprint density at radius 2 is 1.43 bits per heavy atom. The molecule has 4 aliphatic rings. The minimum Gasteiger partial charge on any atom is -0.469 e. The number of rotatable bonds is 10. The average Bonchev–Trinajstić information content (AvgIpc) is 3.19. The van der Waals surface area contributed by atoms with Crippen molar-refractivity contribution >= 4 is 30.9 Å². The molecule has 0 saturated heterocycles. The monoisotopic (exact) mass is 638 g/mol. The standard InChI is InChI=1S/C34H66O5Si3/c1-23(14-17-31(35)36-4)26-15-16-27-32-28(22-30(34(26,27)3)39-42(11,12)13)33(2)19-18-25(37-40(5,6)7)20-24(33)21-29(32)38-41(8,9)10/h23-30,32H,14-22H2,1-13H3/t23-,24-,25+,26-,27+,28+,29+,30+,32+,33+,34-/m1/s1. The number of carbonyl (C=O) groups excluding carboxylic acids is 1. The first-order valence-electron chi connectivity index (χ1n) is 17.3. The minimum absolute atomic E-state index is 0.0799. The molecule has 4 aliphatic carbocycles. The molecule has 4 fully saturated rings. The molecule has 0 N–H and O–H groups in total. The summed E-state index contributed by atoms with van der Waals surface area (Å²) in [5.74, 6) is 3.45. The van der Waals surface area contributed by atoms with E-state index in [0.717, 1.165) is 6.42 Å². The molecule has 0 aromatic heterocycles. The molecule has 0 aromatic rings. The first-order chi connectivity index (χ1) is 19.2. The third-order valence-corrected chi connectivity index (χ3v) is 15.0. The second-order valence-corrected chi connectivity index (χ2v) is 31.6. The van der Waals surface area contributed by atoms with Crippen molar-refractivity contribution in [2.24, 2.45) is 46.3 Å². The van der Waals surface area contributed by atoms with E-state index >= 15 is 0 Å². The van der Waals surface area contributed by atoms with Crippen LogP contribution in [-0.4, -0.2) is 56.3 Å². The Hall–Kier alpha value is 0.000649. The molecule has 5 nitrogen and oxygen atoms in total. The average molecular weight is 639 g/mol. The molecule has 0 bridgehead atoms. The van der Waals surface area contributed by atoms with Gasteiger partial charge in [-0.1, -0.05) is 20.8 Å². The summed E-state index contributed by atoms with van der Waals surface area (Å²) in [5, 5.41) is 0. The summed E-state index contributed by atoms with van der Waals surface area (Å²) in [4.78, 5) is 12.1. The fourth-order valence-electron chi connectivity index (χ4n) is 10.5. The number of hydrogen-bond donors (Lipinski definition) is 0. The van der Waals surface area contributed by atoms with Gasteiger partial charge in [-0.05, 0) is 157 Å². The molecule has 4 saturated carbocycles. The summed E-state index contributed by atoms with van der Waals surface area (Å²) in [6.45, 7) is 29.0. The Bertz CT molecular complexity index is 954. The molecule has 4 rings (SSSR count). The van der Waals surface area contributed by atoms with E-state index in [1.807, 2.05) is 0 Å². The SMILES string of the molecule is COC(=O)CC[C@@H](C)[C@H]1CC[C@H]2[C@@H]3[C@@H](O[Si](C)(C)C)C[C@H]4C[C@@H](O[Si](C)(C)C)CC[C@]4(C)[C@H]3C[C@H](O[Si](C)(C)C)[C@]12C. The first-order valence-corrected chi connectivity index (χ1v) is 27.5. The van der Waals surface area contributed by atoms with Gasteiger partial charge in [-0.2, -0.15) is 0 Å². The maximum atomic E-state index is 12.1. The number of methoxy groups -OCH3 is 1. The smallest absolute Gasteiger partial charge is 0.305 e. The highest BCUT2D eigenvalue weighted by molar-refractivity contribution is 6.70. The fraction of sp³-hybridized carbons (Fsp3) is 0.971. The van der Waals surface area contributed by atoms with Crippen LogP contribution in [0.25, 0.3) is 0 Å². The van der Waals surface area contributed by atoms with Crippen LogP contribution in [0.1, 0.15) is 78.6 Å². The fourth-order valence-corrected chi connectivity index (χ4v) is 14.1. The molecule has 11 atom stereocenters. The van der Waals surface area contributed by atoms with Gasteiger partial charge in [0.2, 0.25) is 0 Å². The van der Waals surface area contributed by atoms with E-state index in [9.17, 15) is 4.79 Å². The van der Waals surface area contributed by atoms with Gasteiger partial charge in [-0.3, -0.25) is 4.79 Å². The summed E-state index contributed by atoms with van der Waals surface area (Å²) < 4.78 is 26.4.